The molecule has 0 aromatic heterocycles. The summed E-state index contributed by atoms with van der Waals surface area (Å²) in [4.78, 5) is 2.46. The fourth-order valence-corrected chi connectivity index (χ4v) is 2.24. The lowest BCUT2D eigenvalue weighted by Crippen LogP contribution is -2.24. The van der Waals surface area contributed by atoms with Crippen molar-refractivity contribution >= 4 is 11.4 Å². The number of rotatable bonds is 1. The lowest BCUT2D eigenvalue weighted by Gasteiger charge is -2.23. The van der Waals surface area contributed by atoms with Gasteiger partial charge in [-0.3, -0.25) is 0 Å². The van der Waals surface area contributed by atoms with Crippen molar-refractivity contribution < 1.29 is 0 Å². The van der Waals surface area contributed by atoms with E-state index in [2.05, 4.69) is 24.0 Å². The molecule has 1 aliphatic heterocycles. The first-order valence-electron chi connectivity index (χ1n) is 5.86. The maximum Gasteiger partial charge on any atom is 0.0386 e. The zero-order chi connectivity index (χ0) is 10.7. The second kappa shape index (κ2) is 4.56. The summed E-state index contributed by atoms with van der Waals surface area (Å²) in [6.07, 6.45) is 3.96. The highest BCUT2D eigenvalue weighted by Crippen LogP contribution is 2.23. The number of nitrogens with zero attached hydrogens (tertiary/aromatic N) is 1. The van der Waals surface area contributed by atoms with Crippen molar-refractivity contribution in [3.63, 3.8) is 0 Å². The Balaban J connectivity index is 2.09. The fraction of sp³-hybridized carbons (Fsp3) is 0.538. The molecule has 82 valence electrons. The van der Waals surface area contributed by atoms with E-state index in [0.29, 0.717) is 0 Å². The first kappa shape index (κ1) is 10.3. The minimum Gasteiger partial charge on any atom is -0.399 e. The van der Waals surface area contributed by atoms with Gasteiger partial charge in [0, 0.05) is 24.5 Å². The van der Waals surface area contributed by atoms with Crippen molar-refractivity contribution in [1.29, 1.82) is 0 Å². The average molecular weight is 204 g/mol. The first-order valence-corrected chi connectivity index (χ1v) is 5.86. The monoisotopic (exact) mass is 204 g/mol. The summed E-state index contributed by atoms with van der Waals surface area (Å²) in [6.45, 7) is 4.70. The molecular weight excluding hydrogens is 184 g/mol. The Morgan fingerprint density at radius 3 is 2.93 bits per heavy atom. The van der Waals surface area contributed by atoms with Gasteiger partial charge in [0.05, 0.1) is 0 Å². The summed E-state index contributed by atoms with van der Waals surface area (Å²) >= 11 is 0. The van der Waals surface area contributed by atoms with Crippen LogP contribution in [0.2, 0.25) is 0 Å². The Hall–Kier alpha value is -1.18. The molecule has 0 amide bonds. The van der Waals surface area contributed by atoms with Crippen LogP contribution in [0.5, 0.6) is 0 Å². The van der Waals surface area contributed by atoms with Crippen LogP contribution < -0.4 is 10.6 Å². The van der Waals surface area contributed by atoms with Gasteiger partial charge in [0.2, 0.25) is 0 Å². The lowest BCUT2D eigenvalue weighted by molar-refractivity contribution is 0.521. The van der Waals surface area contributed by atoms with Crippen molar-refractivity contribution in [3.8, 4) is 0 Å². The smallest absolute Gasteiger partial charge is 0.0386 e. The topological polar surface area (TPSA) is 29.3 Å². The van der Waals surface area contributed by atoms with Gasteiger partial charge in [-0.2, -0.15) is 0 Å². The second-order valence-electron chi connectivity index (χ2n) is 4.62. The highest BCUT2D eigenvalue weighted by Gasteiger charge is 2.13. The normalized spacial score (nSPS) is 22.5. The molecule has 0 spiro atoms. The molecule has 2 rings (SSSR count). The van der Waals surface area contributed by atoms with Gasteiger partial charge in [-0.15, -0.1) is 0 Å². The van der Waals surface area contributed by atoms with Gasteiger partial charge in [-0.1, -0.05) is 13.0 Å². The molecule has 2 N–H and O–H groups in total. The zero-order valence-corrected chi connectivity index (χ0v) is 9.45. The Morgan fingerprint density at radius 1 is 1.27 bits per heavy atom. The molecule has 0 aliphatic carbocycles. The van der Waals surface area contributed by atoms with E-state index in [9.17, 15) is 0 Å². The number of anilines is 2. The highest BCUT2D eigenvalue weighted by atomic mass is 15.1. The molecule has 1 aliphatic rings. The van der Waals surface area contributed by atoms with Crippen molar-refractivity contribution in [1.82, 2.24) is 0 Å². The highest BCUT2D eigenvalue weighted by molar-refractivity contribution is 5.55. The van der Waals surface area contributed by atoms with E-state index in [4.69, 9.17) is 5.73 Å². The SMILES string of the molecule is CC1CCCN(c2cccc(N)c2)CC1. The third-order valence-electron chi connectivity index (χ3n) is 3.25. The van der Waals surface area contributed by atoms with E-state index in [1.165, 1.54) is 38.0 Å². The van der Waals surface area contributed by atoms with E-state index in [1.54, 1.807) is 0 Å². The molecule has 2 nitrogen and oxygen atoms in total. The summed E-state index contributed by atoms with van der Waals surface area (Å²) in [6, 6.07) is 8.23. The van der Waals surface area contributed by atoms with E-state index in [-0.39, 0.29) is 0 Å². The summed E-state index contributed by atoms with van der Waals surface area (Å²) in [5.41, 5.74) is 7.95. The molecule has 1 saturated heterocycles. The van der Waals surface area contributed by atoms with E-state index in [0.717, 1.165) is 11.6 Å². The molecule has 1 unspecified atom stereocenters. The Kier molecular flexibility index (Phi) is 3.14. The van der Waals surface area contributed by atoms with Crippen molar-refractivity contribution in [2.45, 2.75) is 26.2 Å². The van der Waals surface area contributed by atoms with Crippen molar-refractivity contribution in [2.24, 2.45) is 5.92 Å². The third-order valence-corrected chi connectivity index (χ3v) is 3.25. The maximum absolute atomic E-state index is 5.80. The molecule has 0 bridgehead atoms. The van der Waals surface area contributed by atoms with Crippen LogP contribution in [0.4, 0.5) is 11.4 Å². The van der Waals surface area contributed by atoms with E-state index < -0.39 is 0 Å². The number of nitrogens with two attached hydrogens (primary N) is 1. The Labute approximate surface area is 92.1 Å². The molecule has 0 saturated carbocycles. The third kappa shape index (κ3) is 2.65. The Bertz CT molecular complexity index is 322. The molecular formula is C13H20N2. The maximum atomic E-state index is 5.80. The van der Waals surface area contributed by atoms with Crippen LogP contribution in [-0.4, -0.2) is 13.1 Å². The second-order valence-corrected chi connectivity index (χ2v) is 4.62. The zero-order valence-electron chi connectivity index (χ0n) is 9.45. The van der Waals surface area contributed by atoms with Gasteiger partial charge in [0.1, 0.15) is 0 Å². The van der Waals surface area contributed by atoms with Gasteiger partial charge >= 0.3 is 0 Å². The number of hydrogen-bond donors (Lipinski definition) is 1. The average Bonchev–Trinajstić information content (AvgIpc) is 2.43. The summed E-state index contributed by atoms with van der Waals surface area (Å²) in [5.74, 6) is 0.871. The first-order chi connectivity index (χ1) is 7.25. The van der Waals surface area contributed by atoms with Crippen LogP contribution >= 0.6 is 0 Å². The van der Waals surface area contributed by atoms with Crippen molar-refractivity contribution in [3.05, 3.63) is 24.3 Å². The van der Waals surface area contributed by atoms with Crippen LogP contribution in [-0.2, 0) is 0 Å². The van der Waals surface area contributed by atoms with Crippen LogP contribution in [0.3, 0.4) is 0 Å². The van der Waals surface area contributed by atoms with E-state index in [1.807, 2.05) is 12.1 Å². The number of benzene rings is 1. The van der Waals surface area contributed by atoms with Gasteiger partial charge in [-0.25, -0.2) is 0 Å². The van der Waals surface area contributed by atoms with Crippen LogP contribution in [0, 0.1) is 5.92 Å². The minimum atomic E-state index is 0.866. The molecule has 1 aromatic carbocycles. The van der Waals surface area contributed by atoms with Gasteiger partial charge in [0.25, 0.3) is 0 Å². The molecule has 1 atom stereocenters. The Morgan fingerprint density at radius 2 is 2.13 bits per heavy atom. The molecule has 2 heteroatoms. The molecule has 1 fully saturated rings. The predicted molar refractivity (Wildman–Crippen MR) is 66.1 cm³/mol. The lowest BCUT2D eigenvalue weighted by atomic mass is 10.0. The largest absolute Gasteiger partial charge is 0.399 e. The summed E-state index contributed by atoms with van der Waals surface area (Å²) < 4.78 is 0. The van der Waals surface area contributed by atoms with Gasteiger partial charge in [0.15, 0.2) is 0 Å². The predicted octanol–water partition coefficient (Wildman–Crippen LogP) is 2.90. The van der Waals surface area contributed by atoms with Crippen LogP contribution in [0.15, 0.2) is 24.3 Å². The quantitative estimate of drug-likeness (QED) is 0.713. The molecule has 0 radical (unpaired) electrons. The van der Waals surface area contributed by atoms with Gasteiger partial charge < -0.3 is 10.6 Å². The molecule has 1 heterocycles. The fourth-order valence-electron chi connectivity index (χ4n) is 2.24. The van der Waals surface area contributed by atoms with Crippen molar-refractivity contribution in [2.75, 3.05) is 23.7 Å². The standard InChI is InChI=1S/C13H20N2/c1-11-4-3-8-15(9-7-11)13-6-2-5-12(14)10-13/h2,5-6,10-11H,3-4,7-9,14H2,1H3. The molecule has 1 aromatic rings. The summed E-state index contributed by atoms with van der Waals surface area (Å²) in [5, 5.41) is 0. The van der Waals surface area contributed by atoms with Crippen LogP contribution in [0.1, 0.15) is 26.2 Å². The van der Waals surface area contributed by atoms with Gasteiger partial charge in [-0.05, 0) is 43.4 Å². The van der Waals surface area contributed by atoms with Crippen LogP contribution in [0.25, 0.3) is 0 Å². The molecule has 15 heavy (non-hydrogen) atoms. The minimum absolute atomic E-state index is 0.866. The number of nitrogen functional groups attached to an aromatic ring is 1. The number of hydrogen-bond acceptors (Lipinski definition) is 2. The van der Waals surface area contributed by atoms with E-state index >= 15 is 0 Å². The summed E-state index contributed by atoms with van der Waals surface area (Å²) in [7, 11) is 0.